The number of benzene rings is 1. The summed E-state index contributed by atoms with van der Waals surface area (Å²) in [6.07, 6.45) is 1.54. The highest BCUT2D eigenvalue weighted by Crippen LogP contribution is 2.20. The van der Waals surface area contributed by atoms with Crippen molar-refractivity contribution in [3.8, 4) is 5.88 Å². The van der Waals surface area contributed by atoms with E-state index in [9.17, 15) is 4.79 Å². The van der Waals surface area contributed by atoms with E-state index in [1.807, 2.05) is 18.2 Å². The highest BCUT2D eigenvalue weighted by atomic mass is 127. The molecule has 0 aliphatic heterocycles. The summed E-state index contributed by atoms with van der Waals surface area (Å²) in [6, 6.07) is 9.18. The second-order valence-electron chi connectivity index (χ2n) is 4.31. The molecule has 2 heterocycles. The number of nitrogens with one attached hydrogen (secondary N) is 2. The molecular weight excluding hydrogens is 383 g/mol. The van der Waals surface area contributed by atoms with Gasteiger partial charge in [-0.05, 0) is 46.9 Å². The average molecular weight is 394 g/mol. The Morgan fingerprint density at radius 2 is 2.19 bits per heavy atom. The lowest BCUT2D eigenvalue weighted by Gasteiger charge is -2.04. The van der Waals surface area contributed by atoms with Gasteiger partial charge in [-0.3, -0.25) is 9.89 Å². The fourth-order valence-electron chi connectivity index (χ4n) is 1.92. The van der Waals surface area contributed by atoms with Crippen molar-refractivity contribution in [2.75, 3.05) is 12.4 Å². The van der Waals surface area contributed by atoms with E-state index in [1.54, 1.807) is 12.1 Å². The van der Waals surface area contributed by atoms with Crippen molar-refractivity contribution in [2.24, 2.45) is 0 Å². The molecule has 0 radical (unpaired) electrons. The first kappa shape index (κ1) is 13.8. The minimum atomic E-state index is -0.282. The highest BCUT2D eigenvalue weighted by molar-refractivity contribution is 14.1. The van der Waals surface area contributed by atoms with Crippen molar-refractivity contribution in [1.82, 2.24) is 15.2 Å². The number of fused-ring (bicyclic) bond motifs is 1. The molecule has 0 saturated heterocycles. The number of carbonyl (C=O) groups excluding carboxylic acids is 1. The van der Waals surface area contributed by atoms with Crippen LogP contribution in [-0.2, 0) is 0 Å². The van der Waals surface area contributed by atoms with E-state index in [0.29, 0.717) is 17.3 Å². The number of nitrogens with zero attached hydrogens (tertiary/aromatic N) is 2. The molecule has 3 rings (SSSR count). The maximum atomic E-state index is 12.3. The second-order valence-corrected chi connectivity index (χ2v) is 5.55. The number of halogens is 1. The van der Waals surface area contributed by atoms with Crippen molar-refractivity contribution in [2.45, 2.75) is 0 Å². The van der Waals surface area contributed by atoms with E-state index in [-0.39, 0.29) is 5.91 Å². The molecule has 7 heteroatoms. The molecule has 1 aromatic carbocycles. The van der Waals surface area contributed by atoms with E-state index < -0.39 is 0 Å². The van der Waals surface area contributed by atoms with Crippen LogP contribution in [0.25, 0.3) is 10.9 Å². The van der Waals surface area contributed by atoms with Crippen LogP contribution < -0.4 is 10.1 Å². The number of aromatic amines is 1. The van der Waals surface area contributed by atoms with Gasteiger partial charge in [0.15, 0.2) is 5.69 Å². The van der Waals surface area contributed by atoms with Crippen LogP contribution in [0.15, 0.2) is 36.5 Å². The number of pyridine rings is 1. The van der Waals surface area contributed by atoms with Crippen LogP contribution in [0.3, 0.4) is 0 Å². The first-order chi connectivity index (χ1) is 10.2. The standard InChI is InChI=1S/C14H11IN4O2/c1-21-12-5-3-9(7-16-12)17-14(20)13-10-6-8(15)2-4-11(10)18-19-13/h2-7H,1H3,(H,17,20)(H,18,19). The molecule has 106 valence electrons. The smallest absolute Gasteiger partial charge is 0.276 e. The molecule has 6 nitrogen and oxygen atoms in total. The van der Waals surface area contributed by atoms with Gasteiger partial charge >= 0.3 is 0 Å². The molecule has 0 aliphatic carbocycles. The van der Waals surface area contributed by atoms with Crippen molar-refractivity contribution in [1.29, 1.82) is 0 Å². The molecular formula is C14H11IN4O2. The van der Waals surface area contributed by atoms with Gasteiger partial charge < -0.3 is 10.1 Å². The van der Waals surface area contributed by atoms with Crippen LogP contribution in [0.4, 0.5) is 5.69 Å². The summed E-state index contributed by atoms with van der Waals surface area (Å²) in [5.74, 6) is 0.211. The van der Waals surface area contributed by atoms with E-state index in [1.165, 1.54) is 13.3 Å². The van der Waals surface area contributed by atoms with Crippen LogP contribution in [0, 0.1) is 3.57 Å². The van der Waals surface area contributed by atoms with Gasteiger partial charge in [-0.25, -0.2) is 4.98 Å². The number of H-pyrrole nitrogens is 1. The van der Waals surface area contributed by atoms with Gasteiger partial charge in [0.1, 0.15) is 0 Å². The lowest BCUT2D eigenvalue weighted by atomic mass is 10.2. The minimum Gasteiger partial charge on any atom is -0.481 e. The molecule has 0 bridgehead atoms. The normalized spacial score (nSPS) is 10.6. The number of amides is 1. The number of hydrogen-bond donors (Lipinski definition) is 2. The van der Waals surface area contributed by atoms with E-state index >= 15 is 0 Å². The number of methoxy groups -OCH3 is 1. The summed E-state index contributed by atoms with van der Waals surface area (Å²) in [6.45, 7) is 0. The largest absolute Gasteiger partial charge is 0.481 e. The van der Waals surface area contributed by atoms with Crippen molar-refractivity contribution < 1.29 is 9.53 Å². The van der Waals surface area contributed by atoms with Crippen molar-refractivity contribution in [3.05, 3.63) is 45.8 Å². The molecule has 0 aliphatic rings. The Kier molecular flexibility index (Phi) is 3.74. The van der Waals surface area contributed by atoms with Crippen LogP contribution in [0.5, 0.6) is 5.88 Å². The maximum absolute atomic E-state index is 12.3. The average Bonchev–Trinajstić information content (AvgIpc) is 2.91. The van der Waals surface area contributed by atoms with Crippen LogP contribution in [0.1, 0.15) is 10.5 Å². The molecule has 21 heavy (non-hydrogen) atoms. The summed E-state index contributed by atoms with van der Waals surface area (Å²) in [7, 11) is 1.54. The Hall–Kier alpha value is -2.16. The molecule has 2 N–H and O–H groups in total. The van der Waals surface area contributed by atoms with Gasteiger partial charge in [-0.15, -0.1) is 0 Å². The Labute approximate surface area is 134 Å². The van der Waals surface area contributed by atoms with Gasteiger partial charge in [-0.1, -0.05) is 0 Å². The fraction of sp³-hybridized carbons (Fsp3) is 0.0714. The molecule has 0 saturated carbocycles. The Morgan fingerprint density at radius 3 is 2.90 bits per heavy atom. The number of anilines is 1. The zero-order valence-corrected chi connectivity index (χ0v) is 13.2. The molecule has 2 aromatic heterocycles. The topological polar surface area (TPSA) is 79.9 Å². The zero-order chi connectivity index (χ0) is 14.8. The summed E-state index contributed by atoms with van der Waals surface area (Å²) >= 11 is 2.20. The molecule has 0 unspecified atom stereocenters. The predicted molar refractivity (Wildman–Crippen MR) is 87.6 cm³/mol. The summed E-state index contributed by atoms with van der Waals surface area (Å²) in [5, 5.41) is 10.5. The molecule has 3 aromatic rings. The van der Waals surface area contributed by atoms with Crippen molar-refractivity contribution in [3.63, 3.8) is 0 Å². The Balaban J connectivity index is 1.87. The number of carbonyl (C=O) groups is 1. The van der Waals surface area contributed by atoms with E-state index in [2.05, 4.69) is 43.1 Å². The summed E-state index contributed by atoms with van der Waals surface area (Å²) < 4.78 is 6.02. The number of ether oxygens (including phenoxy) is 1. The number of aromatic nitrogens is 3. The molecule has 0 fully saturated rings. The quantitative estimate of drug-likeness (QED) is 0.670. The first-order valence-corrected chi connectivity index (χ1v) is 7.20. The van der Waals surface area contributed by atoms with Crippen LogP contribution >= 0.6 is 22.6 Å². The maximum Gasteiger partial charge on any atom is 0.276 e. The first-order valence-electron chi connectivity index (χ1n) is 6.12. The third-order valence-electron chi connectivity index (χ3n) is 2.94. The minimum absolute atomic E-state index is 0.282. The SMILES string of the molecule is COc1ccc(NC(=O)c2n[nH]c3ccc(I)cc23)cn1. The van der Waals surface area contributed by atoms with Crippen LogP contribution in [0.2, 0.25) is 0 Å². The van der Waals surface area contributed by atoms with Gasteiger partial charge in [0.05, 0.1) is 24.5 Å². The third-order valence-corrected chi connectivity index (χ3v) is 3.61. The Morgan fingerprint density at radius 1 is 1.33 bits per heavy atom. The summed E-state index contributed by atoms with van der Waals surface area (Å²) in [5.41, 5.74) is 1.77. The van der Waals surface area contributed by atoms with Gasteiger partial charge in [0.25, 0.3) is 5.91 Å². The van der Waals surface area contributed by atoms with Gasteiger partial charge in [-0.2, -0.15) is 5.10 Å². The fourth-order valence-corrected chi connectivity index (χ4v) is 2.42. The third kappa shape index (κ3) is 2.82. The van der Waals surface area contributed by atoms with Crippen LogP contribution in [-0.4, -0.2) is 28.2 Å². The number of hydrogen-bond acceptors (Lipinski definition) is 4. The Bertz CT molecular complexity index is 798. The molecule has 0 atom stereocenters. The van der Waals surface area contributed by atoms with Gasteiger partial charge in [0.2, 0.25) is 5.88 Å². The zero-order valence-electron chi connectivity index (χ0n) is 11.1. The summed E-state index contributed by atoms with van der Waals surface area (Å²) in [4.78, 5) is 16.3. The highest BCUT2D eigenvalue weighted by Gasteiger charge is 2.14. The second kappa shape index (κ2) is 5.68. The predicted octanol–water partition coefficient (Wildman–Crippen LogP) is 2.82. The van der Waals surface area contributed by atoms with Crippen molar-refractivity contribution >= 4 is 45.1 Å². The van der Waals surface area contributed by atoms with Gasteiger partial charge in [0, 0.05) is 15.0 Å². The molecule has 0 spiro atoms. The lowest BCUT2D eigenvalue weighted by molar-refractivity contribution is 0.102. The molecule has 1 amide bonds. The lowest BCUT2D eigenvalue weighted by Crippen LogP contribution is -2.13. The van der Waals surface area contributed by atoms with E-state index in [0.717, 1.165) is 14.5 Å². The number of rotatable bonds is 3. The van der Waals surface area contributed by atoms with E-state index in [4.69, 9.17) is 4.74 Å². The monoisotopic (exact) mass is 394 g/mol.